The first-order chi connectivity index (χ1) is 16.8. The minimum Gasteiger partial charge on any atom is -0.507 e. The van der Waals surface area contributed by atoms with Gasteiger partial charge in [0.1, 0.15) is 5.76 Å². The van der Waals surface area contributed by atoms with Crippen LogP contribution in [-0.2, 0) is 14.3 Å². The number of benzene rings is 2. The standard InChI is InChI=1S/C27H31FN2O5/c1-17(2)35-22-9-8-20(16-21(22)28)25(31)23-24(19-6-4-18(3)5-7-19)30(27(33)26(23)32)11-10-29-12-14-34-15-13-29/h4-9,16-17,24,31H,10-15H2,1-3H3/t24-/m0/s1. The zero-order chi connectivity index (χ0) is 25.1. The Balaban J connectivity index is 1.72. The number of amides is 1. The third-order valence-corrected chi connectivity index (χ3v) is 6.26. The highest BCUT2D eigenvalue weighted by molar-refractivity contribution is 6.46. The van der Waals surface area contributed by atoms with Crippen molar-refractivity contribution in [3.63, 3.8) is 0 Å². The number of aliphatic hydroxyl groups excluding tert-OH is 1. The van der Waals surface area contributed by atoms with Gasteiger partial charge in [-0.2, -0.15) is 0 Å². The molecule has 0 saturated carbocycles. The quantitative estimate of drug-likeness (QED) is 0.369. The summed E-state index contributed by atoms with van der Waals surface area (Å²) in [6, 6.07) is 10.8. The van der Waals surface area contributed by atoms with Crippen molar-refractivity contribution in [2.24, 2.45) is 0 Å². The first kappa shape index (κ1) is 24.9. The number of nitrogens with zero attached hydrogens (tertiary/aromatic N) is 2. The van der Waals surface area contributed by atoms with Crippen molar-refractivity contribution in [3.05, 3.63) is 70.5 Å². The van der Waals surface area contributed by atoms with Crippen LogP contribution < -0.4 is 4.74 Å². The van der Waals surface area contributed by atoms with Gasteiger partial charge in [0, 0.05) is 31.7 Å². The number of ketones is 1. The molecule has 1 amide bonds. The molecule has 186 valence electrons. The fourth-order valence-corrected chi connectivity index (χ4v) is 4.43. The Hall–Kier alpha value is -3.23. The fraction of sp³-hybridized carbons (Fsp3) is 0.407. The summed E-state index contributed by atoms with van der Waals surface area (Å²) in [6.45, 7) is 9.17. The first-order valence-corrected chi connectivity index (χ1v) is 11.9. The number of halogens is 1. The maximum Gasteiger partial charge on any atom is 0.295 e. The highest BCUT2D eigenvalue weighted by atomic mass is 19.1. The molecule has 2 heterocycles. The summed E-state index contributed by atoms with van der Waals surface area (Å²) in [5.74, 6) is -2.46. The molecule has 0 spiro atoms. The number of likely N-dealkylation sites (tertiary alicyclic amines) is 1. The van der Waals surface area contributed by atoms with Crippen LogP contribution in [0.25, 0.3) is 5.76 Å². The summed E-state index contributed by atoms with van der Waals surface area (Å²) >= 11 is 0. The Kier molecular flexibility index (Phi) is 7.52. The fourth-order valence-electron chi connectivity index (χ4n) is 4.43. The Bertz CT molecular complexity index is 1120. The van der Waals surface area contributed by atoms with Gasteiger partial charge in [-0.3, -0.25) is 14.5 Å². The van der Waals surface area contributed by atoms with Crippen LogP contribution in [0.3, 0.4) is 0 Å². The molecule has 0 unspecified atom stereocenters. The molecule has 2 aromatic rings. The van der Waals surface area contributed by atoms with Gasteiger partial charge in [0.15, 0.2) is 11.6 Å². The van der Waals surface area contributed by atoms with E-state index in [-0.39, 0.29) is 23.0 Å². The number of Topliss-reactive ketones (excluding diaryl/α,β-unsaturated/α-hetero) is 1. The highest BCUT2D eigenvalue weighted by Crippen LogP contribution is 2.39. The molecule has 1 N–H and O–H groups in total. The molecule has 2 aliphatic rings. The number of morpholine rings is 1. The van der Waals surface area contributed by atoms with Gasteiger partial charge in [-0.15, -0.1) is 0 Å². The summed E-state index contributed by atoms with van der Waals surface area (Å²) in [6.07, 6.45) is -0.220. The van der Waals surface area contributed by atoms with Crippen molar-refractivity contribution >= 4 is 17.4 Å². The van der Waals surface area contributed by atoms with E-state index >= 15 is 0 Å². The van der Waals surface area contributed by atoms with Gasteiger partial charge < -0.3 is 19.5 Å². The van der Waals surface area contributed by atoms with Crippen molar-refractivity contribution in [3.8, 4) is 5.75 Å². The summed E-state index contributed by atoms with van der Waals surface area (Å²) in [5, 5.41) is 11.2. The molecule has 2 aromatic carbocycles. The van der Waals surface area contributed by atoms with E-state index in [2.05, 4.69) is 4.90 Å². The van der Waals surface area contributed by atoms with E-state index < -0.39 is 29.3 Å². The SMILES string of the molecule is Cc1ccc([C@H]2C(=C(O)c3ccc(OC(C)C)c(F)c3)C(=O)C(=O)N2CCN2CCOCC2)cc1. The molecule has 2 aliphatic heterocycles. The van der Waals surface area contributed by atoms with Gasteiger partial charge in [0.05, 0.1) is 30.9 Å². The summed E-state index contributed by atoms with van der Waals surface area (Å²) in [5.41, 5.74) is 1.81. The van der Waals surface area contributed by atoms with Gasteiger partial charge in [0.2, 0.25) is 0 Å². The number of carbonyl (C=O) groups is 2. The van der Waals surface area contributed by atoms with Gasteiger partial charge in [-0.05, 0) is 44.5 Å². The molecule has 4 rings (SSSR count). The van der Waals surface area contributed by atoms with E-state index in [0.29, 0.717) is 31.9 Å². The number of hydrogen-bond donors (Lipinski definition) is 1. The molecule has 8 heteroatoms. The zero-order valence-electron chi connectivity index (χ0n) is 20.3. The van der Waals surface area contributed by atoms with E-state index in [1.807, 2.05) is 31.2 Å². The van der Waals surface area contributed by atoms with Gasteiger partial charge >= 0.3 is 0 Å². The predicted octanol–water partition coefficient (Wildman–Crippen LogP) is 3.68. The van der Waals surface area contributed by atoms with E-state index in [1.54, 1.807) is 13.8 Å². The maximum absolute atomic E-state index is 14.7. The molecule has 1 atom stereocenters. The summed E-state index contributed by atoms with van der Waals surface area (Å²) < 4.78 is 25.5. The average molecular weight is 483 g/mol. The number of carbonyl (C=O) groups excluding carboxylic acids is 2. The van der Waals surface area contributed by atoms with Crippen molar-refractivity contribution in [2.45, 2.75) is 32.9 Å². The smallest absolute Gasteiger partial charge is 0.295 e. The van der Waals surface area contributed by atoms with E-state index in [9.17, 15) is 19.1 Å². The molecule has 0 aromatic heterocycles. The van der Waals surface area contributed by atoms with E-state index in [4.69, 9.17) is 9.47 Å². The van der Waals surface area contributed by atoms with Crippen molar-refractivity contribution in [1.29, 1.82) is 0 Å². The lowest BCUT2D eigenvalue weighted by molar-refractivity contribution is -0.140. The lowest BCUT2D eigenvalue weighted by Crippen LogP contribution is -2.42. The molecule has 7 nitrogen and oxygen atoms in total. The number of rotatable bonds is 7. The number of aliphatic hydroxyl groups is 1. The zero-order valence-corrected chi connectivity index (χ0v) is 20.3. The van der Waals surface area contributed by atoms with Crippen LogP contribution in [0.5, 0.6) is 5.75 Å². The molecular weight excluding hydrogens is 451 g/mol. The third-order valence-electron chi connectivity index (χ3n) is 6.26. The van der Waals surface area contributed by atoms with Gasteiger partial charge in [-0.1, -0.05) is 29.8 Å². The molecule has 35 heavy (non-hydrogen) atoms. The second-order valence-corrected chi connectivity index (χ2v) is 9.17. The summed E-state index contributed by atoms with van der Waals surface area (Å²) in [7, 11) is 0. The van der Waals surface area contributed by atoms with Crippen LogP contribution in [0, 0.1) is 12.7 Å². The second-order valence-electron chi connectivity index (χ2n) is 9.17. The number of aryl methyl sites for hydroxylation is 1. The molecule has 2 saturated heterocycles. The maximum atomic E-state index is 14.7. The summed E-state index contributed by atoms with van der Waals surface area (Å²) in [4.78, 5) is 30.0. The normalized spacial score (nSPS) is 20.6. The Morgan fingerprint density at radius 3 is 2.43 bits per heavy atom. The highest BCUT2D eigenvalue weighted by Gasteiger charge is 2.46. The minimum absolute atomic E-state index is 0.0437. The van der Waals surface area contributed by atoms with Crippen LogP contribution in [-0.4, -0.2) is 72.1 Å². The lowest BCUT2D eigenvalue weighted by Gasteiger charge is -2.31. The van der Waals surface area contributed by atoms with E-state index in [1.165, 1.54) is 17.0 Å². The number of ether oxygens (including phenoxy) is 2. The van der Waals surface area contributed by atoms with Crippen molar-refractivity contribution < 1.29 is 28.6 Å². The monoisotopic (exact) mass is 482 g/mol. The van der Waals surface area contributed by atoms with Gasteiger partial charge in [0.25, 0.3) is 11.7 Å². The van der Waals surface area contributed by atoms with Crippen LogP contribution in [0.2, 0.25) is 0 Å². The predicted molar refractivity (Wildman–Crippen MR) is 130 cm³/mol. The van der Waals surface area contributed by atoms with Crippen LogP contribution >= 0.6 is 0 Å². The van der Waals surface area contributed by atoms with E-state index in [0.717, 1.165) is 24.7 Å². The third kappa shape index (κ3) is 5.39. The molecular formula is C27H31FN2O5. The second kappa shape index (κ2) is 10.6. The molecule has 2 fully saturated rings. The minimum atomic E-state index is -0.780. The molecule has 0 aliphatic carbocycles. The van der Waals surface area contributed by atoms with Crippen molar-refractivity contribution in [1.82, 2.24) is 9.80 Å². The average Bonchev–Trinajstić information content (AvgIpc) is 3.09. The van der Waals surface area contributed by atoms with Crippen LogP contribution in [0.15, 0.2) is 48.0 Å². The largest absolute Gasteiger partial charge is 0.507 e. The van der Waals surface area contributed by atoms with Crippen molar-refractivity contribution in [2.75, 3.05) is 39.4 Å². The lowest BCUT2D eigenvalue weighted by atomic mass is 9.94. The Morgan fingerprint density at radius 1 is 1.11 bits per heavy atom. The van der Waals surface area contributed by atoms with Gasteiger partial charge in [-0.25, -0.2) is 4.39 Å². The first-order valence-electron chi connectivity index (χ1n) is 11.9. The topological polar surface area (TPSA) is 79.3 Å². The Morgan fingerprint density at radius 2 is 1.80 bits per heavy atom. The van der Waals surface area contributed by atoms with Crippen LogP contribution in [0.1, 0.15) is 36.6 Å². The Labute approximate surface area is 204 Å². The number of hydrogen-bond acceptors (Lipinski definition) is 6. The van der Waals surface area contributed by atoms with Crippen LogP contribution in [0.4, 0.5) is 4.39 Å². The molecule has 0 bridgehead atoms. The molecule has 0 radical (unpaired) electrons.